The highest BCUT2D eigenvalue weighted by atomic mass is 13.5. The van der Waals surface area contributed by atoms with Gasteiger partial charge in [-0.25, -0.2) is 0 Å². The number of hydrogen-bond acceptors (Lipinski definition) is 0. The zero-order chi connectivity index (χ0) is 37.9. The zero-order valence-electron chi connectivity index (χ0n) is 37.9. The van der Waals surface area contributed by atoms with E-state index in [1.54, 1.807) is 0 Å². The van der Waals surface area contributed by atoms with Gasteiger partial charge in [0.05, 0.1) is 0 Å². The topological polar surface area (TPSA) is 0 Å². The van der Waals surface area contributed by atoms with Crippen LogP contribution in [0.1, 0.15) is 425 Å². The Morgan fingerprint density at radius 1 is 0.0820 bits per heavy atom. The lowest BCUT2D eigenvalue weighted by atomic mass is 10.6. The molecule has 0 fully saturated rings. The van der Waals surface area contributed by atoms with E-state index in [9.17, 15) is 0 Å². The van der Waals surface area contributed by atoms with Crippen LogP contribution < -0.4 is 0 Å². The van der Waals surface area contributed by atoms with Crippen LogP contribution in [0.15, 0.2) is 0 Å². The summed E-state index contributed by atoms with van der Waals surface area (Å²) in [5.74, 6) is 0. The van der Waals surface area contributed by atoms with Gasteiger partial charge in [0.25, 0.3) is 0 Å². The van der Waals surface area contributed by atoms with Crippen molar-refractivity contribution < 1.29 is 0 Å². The van der Waals surface area contributed by atoms with Gasteiger partial charge in [0.2, 0.25) is 0 Å². The largest absolute Gasteiger partial charge is 0.0776 e. The van der Waals surface area contributed by atoms with E-state index in [0.717, 1.165) is 0 Å². The average molecular weight is 922 g/mol. The smallest absolute Gasteiger partial charge is 0.0590 e. The molecule has 0 amide bonds. The first-order valence-corrected chi connectivity index (χ1v) is 19.8. The maximum absolute atomic E-state index is 2.12. The van der Waals surface area contributed by atoms with E-state index in [0.29, 0.717) is 0 Å². The van der Waals surface area contributed by atoms with Crippen LogP contribution in [-0.2, 0) is 0 Å². The lowest BCUT2D eigenvalue weighted by Crippen LogP contribution is -1.27. The van der Waals surface area contributed by atoms with E-state index >= 15 is 0 Å². The highest BCUT2D eigenvalue weighted by Crippen LogP contribution is 1.60. The summed E-state index contributed by atoms with van der Waals surface area (Å²) in [7, 11) is 0. The van der Waals surface area contributed by atoms with Crippen LogP contribution in [0.2, 0.25) is 0 Å². The molecule has 0 aliphatic heterocycles. The van der Waals surface area contributed by atoms with Crippen molar-refractivity contribution >= 4 is 0 Å². The van der Waals surface area contributed by atoms with Gasteiger partial charge in [-0.15, -0.1) is 0 Å². The molecular weight excluding hydrogens is 733 g/mol. The molecule has 0 atom stereocenters. The van der Waals surface area contributed by atoms with E-state index < -0.39 is 0 Å². The van der Waals surface area contributed by atoms with Crippen LogP contribution in [0, 0.1) is 0 Å². The van der Waals surface area contributed by atoms with Crippen LogP contribution in [-0.4, -0.2) is 0 Å². The summed E-state index contributed by atoms with van der Waals surface area (Å²) in [6.07, 6.45) is 17.5. The number of hydrogen-bond donors (Lipinski definition) is 0. The molecule has 0 aromatic carbocycles. The Kier molecular flexibility index (Phi) is 4890. The molecule has 0 radical (unpaired) electrons. The Morgan fingerprint density at radius 3 is 0.0820 bits per heavy atom. The number of rotatable bonds is 0. The van der Waals surface area contributed by atoms with Crippen molar-refractivity contribution in [3.05, 3.63) is 0 Å². The third-order valence-corrected chi connectivity index (χ3v) is 0. The van der Waals surface area contributed by atoms with E-state index in [2.05, 4.69) is 194 Å². The Hall–Kier alpha value is 0. The molecule has 0 nitrogen and oxygen atoms in total. The Bertz CT molecular complexity index is 53.3. The molecule has 0 spiro atoms. The molecule has 0 heterocycles. The predicted molar refractivity (Wildman–Crippen MR) is 351 cm³/mol. The highest BCUT2D eigenvalue weighted by Gasteiger charge is 1.39. The quantitative estimate of drug-likeness (QED) is 0.227. The van der Waals surface area contributed by atoms with Gasteiger partial charge in [0.15, 0.2) is 0 Å². The molecule has 432 valence electrons. The SMILES string of the molecule is C.C.C.C.C.C.C.C.C.C.C.C.C.C.C.C.C.C.C.CCC.CCC.CCC.CCC.CCC.CCC.CCC.CCC.CCC.CCC.CCC.CCC.CCC.CCC. The van der Waals surface area contributed by atoms with Gasteiger partial charge in [-0.2, -0.15) is 0 Å². The van der Waals surface area contributed by atoms with Crippen molar-refractivity contribution in [2.75, 3.05) is 0 Å². The van der Waals surface area contributed by atoms with Gasteiger partial charge >= 0.3 is 0 Å². The van der Waals surface area contributed by atoms with E-state index in [1.165, 1.54) is 89.9 Å². The monoisotopic (exact) mass is 921 g/mol. The molecule has 61 heavy (non-hydrogen) atoms. The summed E-state index contributed by atoms with van der Waals surface area (Å²) >= 11 is 0. The Morgan fingerprint density at radius 2 is 0.0820 bits per heavy atom. The fourth-order valence-electron chi connectivity index (χ4n) is 0. The Labute approximate surface area is 423 Å². The minimum absolute atomic E-state index is 0. The summed E-state index contributed by atoms with van der Waals surface area (Å²) in [4.78, 5) is 0. The first-order valence-electron chi connectivity index (χ1n) is 19.8. The molecule has 0 saturated carbocycles. The normalized spacial score (nSPS) is 4.13. The molecular formula is C61H188. The maximum Gasteiger partial charge on any atom is -0.0590 e. The van der Waals surface area contributed by atoms with E-state index in [-0.39, 0.29) is 141 Å². The third-order valence-electron chi connectivity index (χ3n) is 0. The molecule has 0 bridgehead atoms. The molecule has 0 aliphatic carbocycles. The first-order chi connectivity index (χ1) is 19.8. The van der Waals surface area contributed by atoms with Crippen LogP contribution in [0.3, 0.4) is 0 Å². The minimum atomic E-state index is 0. The summed E-state index contributed by atoms with van der Waals surface area (Å²) in [6, 6.07) is 0. The second-order valence-corrected chi connectivity index (χ2v) is 9.90. The van der Waals surface area contributed by atoms with Gasteiger partial charge in [-0.05, 0) is 0 Å². The van der Waals surface area contributed by atoms with Crippen LogP contribution >= 0.6 is 0 Å². The van der Waals surface area contributed by atoms with Gasteiger partial charge < -0.3 is 0 Å². The van der Waals surface area contributed by atoms with Crippen LogP contribution in [0.4, 0.5) is 0 Å². The summed E-state index contributed by atoms with van der Waals surface area (Å²) in [5, 5.41) is 0. The highest BCUT2D eigenvalue weighted by molar-refractivity contribution is 3.96. The average Bonchev–Trinajstić information content (AvgIpc) is 2.86. The van der Waals surface area contributed by atoms with Crippen molar-refractivity contribution in [1.82, 2.24) is 0 Å². The van der Waals surface area contributed by atoms with E-state index in [1.807, 2.05) is 0 Å². The second kappa shape index (κ2) is 1070. The van der Waals surface area contributed by atoms with Crippen LogP contribution in [0.25, 0.3) is 0 Å². The summed E-state index contributed by atoms with van der Waals surface area (Å²) in [5.41, 5.74) is 0. The first kappa shape index (κ1) is 280. The predicted octanol–water partition coefficient (Wildman–Crippen LogP) is 31.9. The zero-order valence-corrected chi connectivity index (χ0v) is 37.9. The van der Waals surface area contributed by atoms with Gasteiger partial charge in [-0.3, -0.25) is 0 Å². The van der Waals surface area contributed by atoms with Crippen molar-refractivity contribution in [1.29, 1.82) is 0 Å². The summed E-state index contributed by atoms with van der Waals surface area (Å²) < 4.78 is 0. The third kappa shape index (κ3) is 0. The maximum atomic E-state index is 2.12. The van der Waals surface area contributed by atoms with Gasteiger partial charge in [0, 0.05) is 0 Å². The second-order valence-electron chi connectivity index (χ2n) is 9.90. The standard InChI is InChI=1S/14C3H8.19CH4/c14*1-3-2;;;;;;;;;;;;;;;;;;;/h14*3H2,1-2H3;19*1H4. The molecule has 0 heteroatoms. The lowest BCUT2D eigenvalue weighted by Gasteiger charge is -1.48. The van der Waals surface area contributed by atoms with Crippen molar-refractivity contribution in [2.24, 2.45) is 0 Å². The summed E-state index contributed by atoms with van der Waals surface area (Å²) in [6.45, 7) is 59.5. The fraction of sp³-hybridized carbons (Fsp3) is 1.00. The molecule has 0 aliphatic rings. The van der Waals surface area contributed by atoms with Gasteiger partial charge in [-0.1, -0.05) is 425 Å². The molecule has 0 saturated heterocycles. The lowest BCUT2D eigenvalue weighted by molar-refractivity contribution is 1.09. The Balaban J connectivity index is -0.00000000436. The molecule has 0 aromatic rings. The van der Waals surface area contributed by atoms with Gasteiger partial charge in [0.1, 0.15) is 0 Å². The minimum Gasteiger partial charge on any atom is -0.0776 e. The molecule has 0 N–H and O–H groups in total. The van der Waals surface area contributed by atoms with Crippen molar-refractivity contribution in [2.45, 2.75) is 425 Å². The molecule has 0 unspecified atom stereocenters. The van der Waals surface area contributed by atoms with Crippen molar-refractivity contribution in [3.8, 4) is 0 Å². The van der Waals surface area contributed by atoms with Crippen molar-refractivity contribution in [3.63, 3.8) is 0 Å². The molecule has 0 rings (SSSR count). The van der Waals surface area contributed by atoms with Crippen LogP contribution in [0.5, 0.6) is 0 Å². The molecule has 0 aromatic heterocycles. The van der Waals surface area contributed by atoms with E-state index in [4.69, 9.17) is 0 Å². The fourth-order valence-corrected chi connectivity index (χ4v) is 0.